The monoisotopic (exact) mass is 177 g/mol. The Balaban J connectivity index is 3.15. The molecule has 3 nitrogen and oxygen atoms in total. The van der Waals surface area contributed by atoms with Gasteiger partial charge in [0.05, 0.1) is 0 Å². The highest BCUT2D eigenvalue weighted by Crippen LogP contribution is 2.10. The summed E-state index contributed by atoms with van der Waals surface area (Å²) in [6.45, 7) is 5.48. The number of carbonyl (C=O) groups is 1. The third-order valence-electron chi connectivity index (χ3n) is 1.70. The second kappa shape index (κ2) is 3.87. The summed E-state index contributed by atoms with van der Waals surface area (Å²) in [5.74, 6) is -0.508. The zero-order valence-corrected chi connectivity index (χ0v) is 7.37. The van der Waals surface area contributed by atoms with Gasteiger partial charge in [0.1, 0.15) is 0 Å². The van der Waals surface area contributed by atoms with Crippen LogP contribution >= 0.6 is 0 Å². The number of aryl methyl sites for hydroxylation is 1. The van der Waals surface area contributed by atoms with Crippen molar-refractivity contribution in [3.05, 3.63) is 41.5 Å². The third-order valence-corrected chi connectivity index (χ3v) is 1.70. The average Bonchev–Trinajstić information content (AvgIpc) is 2.15. The Morgan fingerprint density at radius 1 is 1.54 bits per heavy atom. The van der Waals surface area contributed by atoms with Crippen LogP contribution in [0.4, 0.5) is 0 Å². The number of amides is 1. The van der Waals surface area contributed by atoms with Crippen molar-refractivity contribution in [2.75, 3.05) is 0 Å². The number of hydroxylamine groups is 1. The Morgan fingerprint density at radius 2 is 2.23 bits per heavy atom. The van der Waals surface area contributed by atoms with Gasteiger partial charge >= 0.3 is 0 Å². The van der Waals surface area contributed by atoms with Gasteiger partial charge in [0.15, 0.2) is 0 Å². The van der Waals surface area contributed by atoms with Gasteiger partial charge in [-0.1, -0.05) is 18.7 Å². The van der Waals surface area contributed by atoms with Crippen molar-refractivity contribution in [3.63, 3.8) is 0 Å². The second-order valence-electron chi connectivity index (χ2n) is 2.78. The first kappa shape index (κ1) is 9.48. The fraction of sp³-hybridized carbons (Fsp3) is 0.100. The second-order valence-corrected chi connectivity index (χ2v) is 2.78. The molecule has 0 bridgehead atoms. The van der Waals surface area contributed by atoms with E-state index in [2.05, 4.69) is 6.58 Å². The molecular formula is C10H11NO2. The van der Waals surface area contributed by atoms with Crippen molar-refractivity contribution >= 4 is 12.0 Å². The van der Waals surface area contributed by atoms with Crippen LogP contribution in [0.1, 0.15) is 21.5 Å². The molecule has 3 heteroatoms. The summed E-state index contributed by atoms with van der Waals surface area (Å²) >= 11 is 0. The lowest BCUT2D eigenvalue weighted by Crippen LogP contribution is -2.18. The fourth-order valence-corrected chi connectivity index (χ4v) is 1.13. The molecule has 0 radical (unpaired) electrons. The largest absolute Gasteiger partial charge is 0.288 e. The minimum atomic E-state index is -0.508. The predicted molar refractivity (Wildman–Crippen MR) is 50.5 cm³/mol. The Morgan fingerprint density at radius 3 is 2.77 bits per heavy atom. The molecule has 1 amide bonds. The molecule has 0 fully saturated rings. The van der Waals surface area contributed by atoms with Gasteiger partial charge in [-0.3, -0.25) is 10.0 Å². The van der Waals surface area contributed by atoms with E-state index in [1.165, 1.54) is 0 Å². The van der Waals surface area contributed by atoms with Gasteiger partial charge in [0, 0.05) is 5.56 Å². The van der Waals surface area contributed by atoms with Crippen LogP contribution in [0.2, 0.25) is 0 Å². The molecule has 0 heterocycles. The van der Waals surface area contributed by atoms with Crippen LogP contribution in [0.25, 0.3) is 6.08 Å². The van der Waals surface area contributed by atoms with Crippen LogP contribution in [0, 0.1) is 6.92 Å². The van der Waals surface area contributed by atoms with E-state index in [0.717, 1.165) is 11.1 Å². The third kappa shape index (κ3) is 2.16. The molecule has 0 atom stereocenters. The number of carbonyl (C=O) groups excluding carboxylic acids is 1. The highest BCUT2D eigenvalue weighted by Gasteiger charge is 2.04. The molecule has 68 valence electrons. The molecule has 0 aliphatic carbocycles. The summed E-state index contributed by atoms with van der Waals surface area (Å²) in [4.78, 5) is 11.0. The number of hydrogen-bond donors (Lipinski definition) is 2. The molecule has 0 saturated heterocycles. The molecule has 0 spiro atoms. The van der Waals surface area contributed by atoms with Crippen molar-refractivity contribution in [1.82, 2.24) is 5.48 Å². The van der Waals surface area contributed by atoms with Crippen molar-refractivity contribution in [3.8, 4) is 0 Å². The van der Waals surface area contributed by atoms with Crippen molar-refractivity contribution < 1.29 is 10.0 Å². The van der Waals surface area contributed by atoms with E-state index >= 15 is 0 Å². The van der Waals surface area contributed by atoms with Crippen LogP contribution in [0.5, 0.6) is 0 Å². The summed E-state index contributed by atoms with van der Waals surface area (Å²) < 4.78 is 0. The average molecular weight is 177 g/mol. The number of nitrogens with one attached hydrogen (secondary N) is 1. The SMILES string of the molecule is C=Cc1cc(C)cc(C(=O)NO)c1. The summed E-state index contributed by atoms with van der Waals surface area (Å²) in [5.41, 5.74) is 3.83. The molecule has 0 unspecified atom stereocenters. The Bertz CT molecular complexity index is 345. The standard InChI is InChI=1S/C10H11NO2/c1-3-8-4-7(2)5-9(6-8)10(12)11-13/h3-6,13H,1H2,2H3,(H,11,12). The molecule has 1 aromatic rings. The Labute approximate surface area is 76.7 Å². The smallest absolute Gasteiger partial charge is 0.274 e. The Kier molecular flexibility index (Phi) is 2.82. The number of benzene rings is 1. The van der Waals surface area contributed by atoms with Gasteiger partial charge in [0.25, 0.3) is 5.91 Å². The molecule has 0 aliphatic heterocycles. The number of rotatable bonds is 2. The van der Waals surface area contributed by atoms with Crippen molar-refractivity contribution in [2.45, 2.75) is 6.92 Å². The van der Waals surface area contributed by atoms with Gasteiger partial charge in [-0.15, -0.1) is 0 Å². The first-order chi connectivity index (χ1) is 6.17. The van der Waals surface area contributed by atoms with Crippen LogP contribution in [0.15, 0.2) is 24.8 Å². The fourth-order valence-electron chi connectivity index (χ4n) is 1.13. The zero-order valence-electron chi connectivity index (χ0n) is 7.37. The summed E-state index contributed by atoms with van der Waals surface area (Å²) in [6.07, 6.45) is 1.65. The highest BCUT2D eigenvalue weighted by atomic mass is 16.5. The maximum atomic E-state index is 11.0. The van der Waals surface area contributed by atoms with Crippen molar-refractivity contribution in [2.24, 2.45) is 0 Å². The molecule has 1 rings (SSSR count). The van der Waals surface area contributed by atoms with Gasteiger partial charge < -0.3 is 0 Å². The molecular weight excluding hydrogens is 166 g/mol. The highest BCUT2D eigenvalue weighted by molar-refractivity contribution is 5.94. The Hall–Kier alpha value is -1.61. The molecule has 1 aromatic carbocycles. The quantitative estimate of drug-likeness (QED) is 0.534. The van der Waals surface area contributed by atoms with Crippen LogP contribution in [-0.2, 0) is 0 Å². The topological polar surface area (TPSA) is 49.3 Å². The zero-order chi connectivity index (χ0) is 9.84. The normalized spacial score (nSPS) is 9.38. The van der Waals surface area contributed by atoms with Gasteiger partial charge in [-0.05, 0) is 30.2 Å². The predicted octanol–water partition coefficient (Wildman–Crippen LogP) is 1.76. The lowest BCUT2D eigenvalue weighted by molar-refractivity contribution is 0.0706. The van der Waals surface area contributed by atoms with E-state index in [4.69, 9.17) is 5.21 Å². The molecule has 13 heavy (non-hydrogen) atoms. The molecule has 0 aliphatic rings. The number of hydrogen-bond acceptors (Lipinski definition) is 2. The minimum Gasteiger partial charge on any atom is -0.288 e. The van der Waals surface area contributed by atoms with E-state index in [0.29, 0.717) is 5.56 Å². The van der Waals surface area contributed by atoms with E-state index in [-0.39, 0.29) is 0 Å². The lowest BCUT2D eigenvalue weighted by Gasteiger charge is -2.02. The summed E-state index contributed by atoms with van der Waals surface area (Å²) in [5, 5.41) is 8.42. The first-order valence-electron chi connectivity index (χ1n) is 3.86. The van der Waals surface area contributed by atoms with Gasteiger partial charge in [-0.2, -0.15) is 0 Å². The maximum Gasteiger partial charge on any atom is 0.274 e. The van der Waals surface area contributed by atoms with E-state index in [1.54, 1.807) is 23.7 Å². The van der Waals surface area contributed by atoms with E-state index < -0.39 is 5.91 Å². The summed E-state index contributed by atoms with van der Waals surface area (Å²) in [7, 11) is 0. The lowest BCUT2D eigenvalue weighted by atomic mass is 10.1. The molecule has 2 N–H and O–H groups in total. The first-order valence-corrected chi connectivity index (χ1v) is 3.86. The van der Waals surface area contributed by atoms with Crippen LogP contribution in [-0.4, -0.2) is 11.1 Å². The van der Waals surface area contributed by atoms with E-state index in [1.807, 2.05) is 13.0 Å². The van der Waals surface area contributed by atoms with Gasteiger partial charge in [0.2, 0.25) is 0 Å². The van der Waals surface area contributed by atoms with Crippen molar-refractivity contribution in [1.29, 1.82) is 0 Å². The molecule has 0 aromatic heterocycles. The molecule has 0 saturated carbocycles. The maximum absolute atomic E-state index is 11.0. The van der Waals surface area contributed by atoms with Crippen LogP contribution < -0.4 is 5.48 Å². The van der Waals surface area contributed by atoms with Crippen LogP contribution in [0.3, 0.4) is 0 Å². The van der Waals surface area contributed by atoms with Gasteiger partial charge in [-0.25, -0.2) is 5.48 Å². The minimum absolute atomic E-state index is 0.428. The van der Waals surface area contributed by atoms with E-state index in [9.17, 15) is 4.79 Å². The summed E-state index contributed by atoms with van der Waals surface area (Å²) in [6, 6.07) is 5.26.